The monoisotopic (exact) mass is 378 g/mol. The quantitative estimate of drug-likeness (QED) is 0.391. The number of aryl methyl sites for hydroxylation is 1. The lowest BCUT2D eigenvalue weighted by atomic mass is 10.2. The minimum absolute atomic E-state index is 0.283. The summed E-state index contributed by atoms with van der Waals surface area (Å²) < 4.78 is 2.95. The molecule has 0 aliphatic carbocycles. The molecule has 0 radical (unpaired) electrons. The average Bonchev–Trinajstić information content (AvgIpc) is 3.02. The largest absolute Gasteiger partial charge is 0.329 e. The molecule has 2 aromatic heterocycles. The molecule has 0 unspecified atom stereocenters. The van der Waals surface area contributed by atoms with Gasteiger partial charge in [-0.05, 0) is 25.5 Å². The van der Waals surface area contributed by atoms with Crippen molar-refractivity contribution >= 4 is 28.9 Å². The lowest BCUT2D eigenvalue weighted by Gasteiger charge is -2.07. The van der Waals surface area contributed by atoms with Crippen molar-refractivity contribution in [1.82, 2.24) is 19.1 Å². The molecule has 3 rings (SSSR count). The number of hydrogen-bond donors (Lipinski definition) is 2. The van der Waals surface area contributed by atoms with E-state index in [1.807, 2.05) is 56.3 Å². The van der Waals surface area contributed by atoms with E-state index in [0.717, 1.165) is 16.8 Å². The van der Waals surface area contributed by atoms with Crippen molar-refractivity contribution in [2.75, 3.05) is 5.43 Å². The number of benzene rings is 1. The molecular weight excluding hydrogens is 356 g/mol. The standard InChI is InChI=1S/C20H22N6O2/c1-13(2)12-26-16-17(25(4)20(28)22-18(16)27)21-19(26)24-23-14(3)10-11-15-8-6-5-7-9-15/h5-11H,1,12H2,2-4H3,(H,21,24)(H,22,27,28)/b11-10+,23-14-. The number of rotatable bonds is 6. The zero-order chi connectivity index (χ0) is 20.3. The Balaban J connectivity index is 1.98. The Morgan fingerprint density at radius 1 is 1.29 bits per heavy atom. The summed E-state index contributed by atoms with van der Waals surface area (Å²) in [6.07, 6.45) is 3.82. The molecule has 8 nitrogen and oxygen atoms in total. The highest BCUT2D eigenvalue weighted by Gasteiger charge is 2.17. The van der Waals surface area contributed by atoms with Crippen LogP contribution in [0.5, 0.6) is 0 Å². The molecule has 0 amide bonds. The summed E-state index contributed by atoms with van der Waals surface area (Å²) in [5.74, 6) is 0.358. The van der Waals surface area contributed by atoms with Crippen molar-refractivity contribution in [3.63, 3.8) is 0 Å². The van der Waals surface area contributed by atoms with Gasteiger partial charge in [-0.2, -0.15) is 10.1 Å². The third-order valence-electron chi connectivity index (χ3n) is 4.08. The van der Waals surface area contributed by atoms with Crippen molar-refractivity contribution in [3.8, 4) is 0 Å². The van der Waals surface area contributed by atoms with Crippen LogP contribution in [0.15, 0.2) is 63.3 Å². The van der Waals surface area contributed by atoms with Crippen LogP contribution in [0, 0.1) is 0 Å². The van der Waals surface area contributed by atoms with Crippen LogP contribution in [0.4, 0.5) is 5.95 Å². The van der Waals surface area contributed by atoms with E-state index in [1.54, 1.807) is 11.6 Å². The normalized spacial score (nSPS) is 12.0. The maximum Gasteiger partial charge on any atom is 0.329 e. The van der Waals surface area contributed by atoms with Gasteiger partial charge in [0, 0.05) is 13.6 Å². The summed E-state index contributed by atoms with van der Waals surface area (Å²) in [4.78, 5) is 30.9. The fourth-order valence-corrected chi connectivity index (χ4v) is 2.70. The van der Waals surface area contributed by atoms with Gasteiger partial charge in [-0.1, -0.05) is 48.6 Å². The van der Waals surface area contributed by atoms with Crippen LogP contribution >= 0.6 is 0 Å². The number of hydrogen-bond acceptors (Lipinski definition) is 5. The Bertz CT molecular complexity index is 1200. The van der Waals surface area contributed by atoms with E-state index in [2.05, 4.69) is 27.1 Å². The highest BCUT2D eigenvalue weighted by atomic mass is 16.2. The molecule has 0 bridgehead atoms. The van der Waals surface area contributed by atoms with Crippen molar-refractivity contribution in [1.29, 1.82) is 0 Å². The molecule has 0 fully saturated rings. The Hall–Kier alpha value is -3.68. The predicted octanol–water partition coefficient (Wildman–Crippen LogP) is 2.50. The Morgan fingerprint density at radius 2 is 2.00 bits per heavy atom. The molecule has 144 valence electrons. The van der Waals surface area contributed by atoms with Crippen LogP contribution in [-0.2, 0) is 13.6 Å². The number of hydrazone groups is 1. The summed E-state index contributed by atoms with van der Waals surface area (Å²) in [5.41, 5.74) is 5.08. The third-order valence-corrected chi connectivity index (χ3v) is 4.08. The summed E-state index contributed by atoms with van der Waals surface area (Å²) in [5, 5.41) is 4.32. The molecular formula is C20H22N6O2. The Morgan fingerprint density at radius 3 is 2.68 bits per heavy atom. The molecule has 1 aromatic carbocycles. The number of aromatic amines is 1. The number of imidazole rings is 1. The van der Waals surface area contributed by atoms with Gasteiger partial charge >= 0.3 is 5.69 Å². The first-order valence-electron chi connectivity index (χ1n) is 8.74. The summed E-state index contributed by atoms with van der Waals surface area (Å²) in [6.45, 7) is 7.97. The molecule has 2 N–H and O–H groups in total. The minimum Gasteiger partial charge on any atom is -0.299 e. The van der Waals surface area contributed by atoms with Crippen LogP contribution < -0.4 is 16.7 Å². The zero-order valence-corrected chi connectivity index (χ0v) is 16.1. The maximum atomic E-state index is 12.3. The smallest absolute Gasteiger partial charge is 0.299 e. The van der Waals surface area contributed by atoms with Crippen LogP contribution in [-0.4, -0.2) is 24.8 Å². The number of nitrogens with zero attached hydrogens (tertiary/aromatic N) is 4. The van der Waals surface area contributed by atoms with Crippen LogP contribution in [0.1, 0.15) is 19.4 Å². The van der Waals surface area contributed by atoms with Gasteiger partial charge in [0.2, 0.25) is 5.95 Å². The van der Waals surface area contributed by atoms with E-state index in [1.165, 1.54) is 4.57 Å². The second-order valence-corrected chi connectivity index (χ2v) is 6.58. The SMILES string of the molecule is C=C(C)Cn1c(N/N=C(C)\C=C\c2ccccc2)nc2c1c(=O)[nH]c(=O)n2C. The van der Waals surface area contributed by atoms with Crippen LogP contribution in [0.25, 0.3) is 17.2 Å². The van der Waals surface area contributed by atoms with Gasteiger partial charge in [0.05, 0.1) is 5.71 Å². The number of nitrogens with one attached hydrogen (secondary N) is 2. The van der Waals surface area contributed by atoms with Gasteiger partial charge < -0.3 is 0 Å². The molecule has 0 atom stereocenters. The van der Waals surface area contributed by atoms with Crippen LogP contribution in [0.2, 0.25) is 0 Å². The highest BCUT2D eigenvalue weighted by Crippen LogP contribution is 2.17. The van der Waals surface area contributed by atoms with Gasteiger partial charge in [-0.25, -0.2) is 10.2 Å². The van der Waals surface area contributed by atoms with Gasteiger partial charge in [0.25, 0.3) is 5.56 Å². The molecule has 0 aliphatic heterocycles. The van der Waals surface area contributed by atoms with Crippen molar-refractivity contribution < 1.29 is 0 Å². The van der Waals surface area contributed by atoms with Crippen molar-refractivity contribution in [3.05, 3.63) is 75.0 Å². The van der Waals surface area contributed by atoms with Crippen molar-refractivity contribution in [2.24, 2.45) is 12.1 Å². The number of allylic oxidation sites excluding steroid dienone is 2. The zero-order valence-electron chi connectivity index (χ0n) is 16.1. The molecule has 2 heterocycles. The second kappa shape index (κ2) is 7.91. The van der Waals surface area contributed by atoms with Gasteiger partial charge in [0.1, 0.15) is 0 Å². The topological polar surface area (TPSA) is 97.1 Å². The average molecular weight is 378 g/mol. The molecule has 28 heavy (non-hydrogen) atoms. The first kappa shape index (κ1) is 19.1. The maximum absolute atomic E-state index is 12.3. The molecule has 0 spiro atoms. The molecule has 0 aliphatic rings. The third kappa shape index (κ3) is 4.01. The number of fused-ring (bicyclic) bond motifs is 1. The number of aromatic nitrogens is 4. The number of H-pyrrole nitrogens is 1. The van der Waals surface area contributed by atoms with E-state index in [0.29, 0.717) is 18.0 Å². The van der Waals surface area contributed by atoms with E-state index in [-0.39, 0.29) is 5.65 Å². The molecule has 0 saturated carbocycles. The molecule has 0 saturated heterocycles. The van der Waals surface area contributed by atoms with Gasteiger partial charge in [0.15, 0.2) is 11.2 Å². The highest BCUT2D eigenvalue weighted by molar-refractivity contribution is 5.96. The fourth-order valence-electron chi connectivity index (χ4n) is 2.70. The van der Waals surface area contributed by atoms with Crippen molar-refractivity contribution in [2.45, 2.75) is 20.4 Å². The van der Waals surface area contributed by atoms with E-state index in [4.69, 9.17) is 0 Å². The van der Waals surface area contributed by atoms with E-state index >= 15 is 0 Å². The fraction of sp³-hybridized carbons (Fsp3) is 0.200. The summed E-state index contributed by atoms with van der Waals surface area (Å²) in [7, 11) is 1.56. The van der Waals surface area contributed by atoms with E-state index < -0.39 is 11.2 Å². The van der Waals surface area contributed by atoms with Crippen LogP contribution in [0.3, 0.4) is 0 Å². The molecule has 8 heteroatoms. The lowest BCUT2D eigenvalue weighted by Crippen LogP contribution is -2.29. The summed E-state index contributed by atoms with van der Waals surface area (Å²) in [6, 6.07) is 9.88. The first-order chi connectivity index (χ1) is 13.4. The number of anilines is 1. The Labute approximate surface area is 161 Å². The predicted molar refractivity (Wildman–Crippen MR) is 113 cm³/mol. The lowest BCUT2D eigenvalue weighted by molar-refractivity contribution is 0.799. The van der Waals surface area contributed by atoms with Gasteiger partial charge in [-0.3, -0.25) is 18.9 Å². The summed E-state index contributed by atoms with van der Waals surface area (Å²) >= 11 is 0. The van der Waals surface area contributed by atoms with Gasteiger partial charge in [-0.15, -0.1) is 0 Å². The van der Waals surface area contributed by atoms with E-state index in [9.17, 15) is 9.59 Å². The molecule has 3 aromatic rings. The first-order valence-corrected chi connectivity index (χ1v) is 8.74. The second-order valence-electron chi connectivity index (χ2n) is 6.58. The minimum atomic E-state index is -0.519. The Kier molecular flexibility index (Phi) is 5.39.